The number of hydrogen-bond acceptors (Lipinski definition) is 2. The van der Waals surface area contributed by atoms with Crippen LogP contribution in [0.4, 0.5) is 5.69 Å². The lowest BCUT2D eigenvalue weighted by Crippen LogP contribution is -1.86. The summed E-state index contributed by atoms with van der Waals surface area (Å²) in [6, 6.07) is 10.9. The second-order valence-corrected chi connectivity index (χ2v) is 4.16. The number of aromatic nitrogens is 1. The molecule has 1 heterocycles. The van der Waals surface area contributed by atoms with Gasteiger partial charge in [0.15, 0.2) is 0 Å². The van der Waals surface area contributed by atoms with Crippen LogP contribution in [0.5, 0.6) is 0 Å². The lowest BCUT2D eigenvalue weighted by molar-refractivity contribution is -0.384. The minimum atomic E-state index is -0.367. The van der Waals surface area contributed by atoms with Crippen molar-refractivity contribution >= 4 is 27.5 Å². The fourth-order valence-electron chi connectivity index (χ4n) is 2.11. The van der Waals surface area contributed by atoms with Crippen LogP contribution in [-0.2, 0) is 0 Å². The summed E-state index contributed by atoms with van der Waals surface area (Å²) in [4.78, 5) is 13.6. The average molecular weight is 226 g/mol. The molecule has 0 saturated carbocycles. The van der Waals surface area contributed by atoms with Crippen LogP contribution >= 0.6 is 0 Å². The van der Waals surface area contributed by atoms with E-state index in [1.165, 1.54) is 6.07 Å². The molecule has 0 aliphatic heterocycles. The van der Waals surface area contributed by atoms with Gasteiger partial charge in [-0.1, -0.05) is 11.6 Å². The molecule has 0 saturated heterocycles. The number of fused-ring (bicyclic) bond motifs is 3. The zero-order valence-electron chi connectivity index (χ0n) is 9.23. The standard InChI is InChI=1S/C13H10N2O2/c1-8-2-4-12-10(6-8)11-7-9(15(16)17)3-5-13(11)14-12/h2-7,14H,1H3. The Bertz CT molecular complexity index is 744. The molecule has 0 aliphatic rings. The van der Waals surface area contributed by atoms with Crippen LogP contribution in [0.3, 0.4) is 0 Å². The Morgan fingerprint density at radius 1 is 1.06 bits per heavy atom. The first kappa shape index (κ1) is 9.84. The van der Waals surface area contributed by atoms with Gasteiger partial charge in [-0.15, -0.1) is 0 Å². The molecule has 3 aromatic rings. The predicted octanol–water partition coefficient (Wildman–Crippen LogP) is 3.54. The van der Waals surface area contributed by atoms with E-state index in [0.717, 1.165) is 27.4 Å². The molecule has 0 fully saturated rings. The van der Waals surface area contributed by atoms with Gasteiger partial charge in [0.2, 0.25) is 0 Å². The summed E-state index contributed by atoms with van der Waals surface area (Å²) in [7, 11) is 0. The van der Waals surface area contributed by atoms with E-state index in [2.05, 4.69) is 4.98 Å². The van der Waals surface area contributed by atoms with Gasteiger partial charge in [-0.05, 0) is 25.1 Å². The number of aromatic amines is 1. The van der Waals surface area contributed by atoms with E-state index >= 15 is 0 Å². The van der Waals surface area contributed by atoms with Crippen molar-refractivity contribution in [2.45, 2.75) is 6.92 Å². The minimum absolute atomic E-state index is 0.125. The van der Waals surface area contributed by atoms with Gasteiger partial charge >= 0.3 is 0 Å². The number of nitro benzene ring substituents is 1. The molecule has 4 heteroatoms. The molecular weight excluding hydrogens is 216 g/mol. The Balaban J connectivity index is 2.43. The van der Waals surface area contributed by atoms with Gasteiger partial charge in [-0.2, -0.15) is 0 Å². The number of nitrogens with zero attached hydrogens (tertiary/aromatic N) is 1. The molecule has 0 aliphatic carbocycles. The van der Waals surface area contributed by atoms with Crippen LogP contribution in [0.15, 0.2) is 36.4 Å². The summed E-state index contributed by atoms with van der Waals surface area (Å²) >= 11 is 0. The van der Waals surface area contributed by atoms with E-state index < -0.39 is 0 Å². The topological polar surface area (TPSA) is 58.9 Å². The van der Waals surface area contributed by atoms with Crippen LogP contribution in [0.25, 0.3) is 21.8 Å². The van der Waals surface area contributed by atoms with Gasteiger partial charge in [0, 0.05) is 33.9 Å². The number of non-ortho nitro benzene ring substituents is 1. The number of nitrogens with one attached hydrogen (secondary N) is 1. The number of hydrogen-bond donors (Lipinski definition) is 1. The summed E-state index contributed by atoms with van der Waals surface area (Å²) < 4.78 is 0. The Morgan fingerprint density at radius 2 is 1.71 bits per heavy atom. The fraction of sp³-hybridized carbons (Fsp3) is 0.0769. The quantitative estimate of drug-likeness (QED) is 0.509. The predicted molar refractivity (Wildman–Crippen MR) is 67.2 cm³/mol. The molecule has 0 radical (unpaired) electrons. The zero-order valence-corrected chi connectivity index (χ0v) is 9.23. The van der Waals surface area contributed by atoms with Crippen LogP contribution in [0.2, 0.25) is 0 Å². The summed E-state index contributed by atoms with van der Waals surface area (Å²) in [5.74, 6) is 0. The van der Waals surface area contributed by atoms with E-state index in [9.17, 15) is 10.1 Å². The lowest BCUT2D eigenvalue weighted by Gasteiger charge is -1.94. The molecule has 0 amide bonds. The van der Waals surface area contributed by atoms with Gasteiger partial charge in [0.25, 0.3) is 5.69 Å². The summed E-state index contributed by atoms with van der Waals surface area (Å²) in [6.45, 7) is 2.01. The Labute approximate surface area is 97.0 Å². The van der Waals surface area contributed by atoms with Crippen LogP contribution in [-0.4, -0.2) is 9.91 Å². The zero-order chi connectivity index (χ0) is 12.0. The Kier molecular flexibility index (Phi) is 1.92. The van der Waals surface area contributed by atoms with Gasteiger partial charge in [-0.3, -0.25) is 10.1 Å². The molecule has 3 rings (SSSR count). The monoisotopic (exact) mass is 226 g/mol. The van der Waals surface area contributed by atoms with Crippen molar-refractivity contribution in [2.75, 3.05) is 0 Å². The maximum Gasteiger partial charge on any atom is 0.270 e. The van der Waals surface area contributed by atoms with Crippen LogP contribution in [0.1, 0.15) is 5.56 Å². The molecule has 84 valence electrons. The van der Waals surface area contributed by atoms with E-state index in [-0.39, 0.29) is 10.6 Å². The molecule has 0 spiro atoms. The first-order chi connectivity index (χ1) is 8.15. The van der Waals surface area contributed by atoms with Gasteiger partial charge < -0.3 is 4.98 Å². The molecule has 1 aromatic heterocycles. The van der Waals surface area contributed by atoms with E-state index in [1.54, 1.807) is 12.1 Å². The highest BCUT2D eigenvalue weighted by Crippen LogP contribution is 2.29. The molecule has 0 atom stereocenters. The van der Waals surface area contributed by atoms with Gasteiger partial charge in [0.1, 0.15) is 0 Å². The fourth-order valence-corrected chi connectivity index (χ4v) is 2.11. The van der Waals surface area contributed by atoms with Crippen molar-refractivity contribution in [3.05, 3.63) is 52.1 Å². The first-order valence-corrected chi connectivity index (χ1v) is 5.31. The summed E-state index contributed by atoms with van der Waals surface area (Å²) in [5, 5.41) is 12.7. The number of benzene rings is 2. The third-order valence-electron chi connectivity index (χ3n) is 2.95. The maximum absolute atomic E-state index is 10.8. The molecule has 0 bridgehead atoms. The highest BCUT2D eigenvalue weighted by Gasteiger charge is 2.10. The minimum Gasteiger partial charge on any atom is -0.355 e. The average Bonchev–Trinajstić information content (AvgIpc) is 2.66. The maximum atomic E-state index is 10.8. The highest BCUT2D eigenvalue weighted by atomic mass is 16.6. The molecule has 2 aromatic carbocycles. The molecule has 4 nitrogen and oxygen atoms in total. The molecule has 0 unspecified atom stereocenters. The van der Waals surface area contributed by atoms with E-state index in [1.807, 2.05) is 25.1 Å². The SMILES string of the molecule is Cc1ccc2[nH]c3ccc([N+](=O)[O-])cc3c2c1. The van der Waals surface area contributed by atoms with E-state index in [4.69, 9.17) is 0 Å². The third-order valence-corrected chi connectivity index (χ3v) is 2.95. The van der Waals surface area contributed by atoms with Crippen molar-refractivity contribution in [3.8, 4) is 0 Å². The summed E-state index contributed by atoms with van der Waals surface area (Å²) in [5.41, 5.74) is 3.20. The second-order valence-electron chi connectivity index (χ2n) is 4.16. The Hall–Kier alpha value is -2.36. The summed E-state index contributed by atoms with van der Waals surface area (Å²) in [6.07, 6.45) is 0. The van der Waals surface area contributed by atoms with Crippen molar-refractivity contribution in [2.24, 2.45) is 0 Å². The number of nitro groups is 1. The molecule has 17 heavy (non-hydrogen) atoms. The van der Waals surface area contributed by atoms with Crippen molar-refractivity contribution in [1.29, 1.82) is 0 Å². The highest BCUT2D eigenvalue weighted by molar-refractivity contribution is 6.08. The Morgan fingerprint density at radius 3 is 2.41 bits per heavy atom. The number of H-pyrrole nitrogens is 1. The van der Waals surface area contributed by atoms with Crippen molar-refractivity contribution in [1.82, 2.24) is 4.98 Å². The van der Waals surface area contributed by atoms with Gasteiger partial charge in [-0.25, -0.2) is 0 Å². The van der Waals surface area contributed by atoms with Crippen LogP contribution < -0.4 is 0 Å². The molecule has 1 N–H and O–H groups in total. The second kappa shape index (κ2) is 3.31. The van der Waals surface area contributed by atoms with Crippen molar-refractivity contribution < 1.29 is 4.92 Å². The number of aryl methyl sites for hydroxylation is 1. The largest absolute Gasteiger partial charge is 0.355 e. The third kappa shape index (κ3) is 1.45. The smallest absolute Gasteiger partial charge is 0.270 e. The lowest BCUT2D eigenvalue weighted by atomic mass is 10.1. The first-order valence-electron chi connectivity index (χ1n) is 5.31. The van der Waals surface area contributed by atoms with Crippen molar-refractivity contribution in [3.63, 3.8) is 0 Å². The normalized spacial score (nSPS) is 11.1. The van der Waals surface area contributed by atoms with Crippen LogP contribution in [0, 0.1) is 17.0 Å². The number of rotatable bonds is 1. The van der Waals surface area contributed by atoms with E-state index in [0.29, 0.717) is 0 Å². The van der Waals surface area contributed by atoms with Gasteiger partial charge in [0.05, 0.1) is 4.92 Å². The molecular formula is C13H10N2O2.